The Morgan fingerprint density at radius 3 is 1.46 bits per heavy atom. The molecule has 5 aromatic carbocycles. The van der Waals surface area contributed by atoms with Crippen molar-refractivity contribution in [3.63, 3.8) is 0 Å². The zero-order valence-electron chi connectivity index (χ0n) is 52.4. The SMILES string of the molecule is CCC(C)(C)C(=O)OC(C)(C)c1ccc(F)cc1.CCC(C)(C)C(=O)OC(C)C(F)(F)S(=O)(=O)[O-].CCC(C)(C)C(=O)OC1C2CC3C(=O)OC1C3O2.CCC(C)(C)C(=O)Oc1ccc(O)cc1.c1ccc([S+](c2ccccc2)c2ccccc2)cc1. The topological polar surface area (TPSA) is 218 Å². The number of phenolic OH excluding ortho intramolecular Hbond substituents is 1. The molecule has 0 radical (unpaired) electrons. The van der Waals surface area contributed by atoms with Crippen LogP contribution in [0, 0.1) is 33.4 Å². The number of esters is 5. The Morgan fingerprint density at radius 1 is 0.621 bits per heavy atom. The van der Waals surface area contributed by atoms with Crippen LogP contribution in [-0.4, -0.2) is 83.7 Å². The van der Waals surface area contributed by atoms with Crippen LogP contribution >= 0.6 is 0 Å². The maximum atomic E-state index is 13.0. The van der Waals surface area contributed by atoms with Gasteiger partial charge in [-0.3, -0.25) is 24.0 Å². The third-order valence-corrected chi connectivity index (χ3v) is 19.0. The molecule has 0 aliphatic carbocycles. The second-order valence-electron chi connectivity index (χ2n) is 24.3. The van der Waals surface area contributed by atoms with E-state index in [-0.39, 0.29) is 64.5 Å². The van der Waals surface area contributed by atoms with Crippen molar-refractivity contribution in [3.05, 3.63) is 151 Å². The smallest absolute Gasteiger partial charge is 0.369 e. The number of hydrogen-bond donors (Lipinski definition) is 1. The molecule has 3 heterocycles. The van der Waals surface area contributed by atoms with Gasteiger partial charge in [-0.25, -0.2) is 12.8 Å². The number of aromatic hydroxyl groups is 1. The first-order chi connectivity index (χ1) is 40.4. The third kappa shape index (κ3) is 19.6. The molecule has 87 heavy (non-hydrogen) atoms. The van der Waals surface area contributed by atoms with Crippen molar-refractivity contribution in [3.8, 4) is 11.5 Å². The van der Waals surface area contributed by atoms with Gasteiger partial charge < -0.3 is 38.1 Å². The number of rotatable bonds is 18. The number of hydrogen-bond acceptors (Lipinski definition) is 15. The van der Waals surface area contributed by atoms with Crippen LogP contribution in [-0.2, 0) is 74.3 Å². The van der Waals surface area contributed by atoms with Gasteiger partial charge >= 0.3 is 35.1 Å². The molecule has 3 aliphatic rings. The van der Waals surface area contributed by atoms with Gasteiger partial charge in [0.25, 0.3) is 0 Å². The van der Waals surface area contributed by atoms with Crippen molar-refractivity contribution in [2.75, 3.05) is 0 Å². The summed E-state index contributed by atoms with van der Waals surface area (Å²) in [5.74, 6) is -1.75. The number of halogens is 3. The first kappa shape index (κ1) is 72.7. The molecule has 3 saturated heterocycles. The van der Waals surface area contributed by atoms with Gasteiger partial charge in [-0.2, -0.15) is 8.78 Å². The number of phenols is 1. The van der Waals surface area contributed by atoms with Crippen molar-refractivity contribution in [2.24, 2.45) is 27.6 Å². The molecule has 2 bridgehead atoms. The lowest BCUT2D eigenvalue weighted by molar-refractivity contribution is -0.170. The van der Waals surface area contributed by atoms with Gasteiger partial charge in [-0.1, -0.05) is 94.4 Å². The van der Waals surface area contributed by atoms with E-state index in [2.05, 4.69) is 95.7 Å². The standard InChI is InChI=1S/C18H15S.C15H21FO2.C13H18O5.C12H16O3.C9H16F2O5S/c1-4-10-16(11-5-1)19(17-12-6-2-7-13-17)18-14-8-3-9-15-18;1-6-14(2,3)13(17)18-15(4,5)11-7-9-12(16)10-8-11;1-4-13(2,3)12(15)18-9-7-5-6-8(16-7)10(9)17-11(6)14;1-4-12(2,3)11(14)15-10-7-5-9(13)6-8-10;1-5-8(3,4)7(12)16-6(2)9(10,11)17(13,14)15/h1-15H;7-10H,6H2,1-5H3;6-10H,4-5H2,1-3H3;5-8,13H,4H2,1-3H3;6H,5H2,1-4H3,(H,13,14,15)/q+1;;;;/p-1. The van der Waals surface area contributed by atoms with Crippen LogP contribution in [0.5, 0.6) is 11.5 Å². The Kier molecular flexibility index (Phi) is 25.5. The molecular formula is C67H85F3O15S2. The summed E-state index contributed by atoms with van der Waals surface area (Å²) in [6.07, 6.45) is -0.413. The Morgan fingerprint density at radius 2 is 1.03 bits per heavy atom. The van der Waals surface area contributed by atoms with Crippen molar-refractivity contribution < 1.29 is 83.6 Å². The van der Waals surface area contributed by atoms with Crippen molar-refractivity contribution >= 4 is 50.9 Å². The fraction of sp³-hybridized carbons (Fsp3) is 0.478. The molecule has 0 spiro atoms. The average Bonchev–Trinajstić information content (AvgIpc) is 1.63. The van der Waals surface area contributed by atoms with Crippen LogP contribution in [0.1, 0.15) is 142 Å². The van der Waals surface area contributed by atoms with Gasteiger partial charge in [0, 0.05) is 0 Å². The second kappa shape index (κ2) is 30.5. The van der Waals surface area contributed by atoms with Gasteiger partial charge in [-0.15, -0.1) is 0 Å². The molecule has 3 aliphatic heterocycles. The minimum atomic E-state index is -5.86. The van der Waals surface area contributed by atoms with Gasteiger partial charge in [0.1, 0.15) is 29.0 Å². The summed E-state index contributed by atoms with van der Waals surface area (Å²) >= 11 is 0. The summed E-state index contributed by atoms with van der Waals surface area (Å²) in [4.78, 5) is 62.8. The van der Waals surface area contributed by atoms with E-state index in [9.17, 15) is 50.1 Å². The summed E-state index contributed by atoms with van der Waals surface area (Å²) in [5, 5.41) is 4.42. The third-order valence-electron chi connectivity index (χ3n) is 15.7. The minimum Gasteiger partial charge on any atom is -0.743 e. The van der Waals surface area contributed by atoms with E-state index >= 15 is 0 Å². The number of benzene rings is 5. The van der Waals surface area contributed by atoms with Crippen molar-refractivity contribution in [2.45, 2.75) is 192 Å². The van der Waals surface area contributed by atoms with Crippen LogP contribution in [0.4, 0.5) is 13.2 Å². The summed E-state index contributed by atoms with van der Waals surface area (Å²) in [6, 6.07) is 44.3. The molecule has 476 valence electrons. The Labute approximate surface area is 514 Å². The van der Waals surface area contributed by atoms with Crippen LogP contribution in [0.15, 0.2) is 154 Å². The minimum absolute atomic E-state index is 0.0146. The van der Waals surface area contributed by atoms with Crippen LogP contribution in [0.25, 0.3) is 0 Å². The number of carbonyl (C=O) groups excluding carboxylic acids is 5. The second-order valence-corrected chi connectivity index (χ2v) is 27.8. The highest BCUT2D eigenvalue weighted by atomic mass is 32.2. The van der Waals surface area contributed by atoms with Gasteiger partial charge in [-0.05, 0) is 187 Å². The highest BCUT2D eigenvalue weighted by molar-refractivity contribution is 7.97. The molecule has 1 N–H and O–H groups in total. The van der Waals surface area contributed by atoms with Gasteiger partial charge in [0.2, 0.25) is 0 Å². The molecule has 6 unspecified atom stereocenters. The van der Waals surface area contributed by atoms with Crippen molar-refractivity contribution in [1.82, 2.24) is 0 Å². The van der Waals surface area contributed by atoms with Crippen LogP contribution in [0.2, 0.25) is 0 Å². The van der Waals surface area contributed by atoms with E-state index in [1.165, 1.54) is 52.8 Å². The Hall–Kier alpha value is -6.74. The lowest BCUT2D eigenvalue weighted by atomic mass is 9.87. The van der Waals surface area contributed by atoms with E-state index < -0.39 is 66.9 Å². The summed E-state index contributed by atoms with van der Waals surface area (Å²) < 4.78 is 101. The molecular weight excluding hydrogens is 1170 g/mol. The molecule has 0 saturated carbocycles. The predicted octanol–water partition coefficient (Wildman–Crippen LogP) is 14.1. The molecule has 15 nitrogen and oxygen atoms in total. The van der Waals surface area contributed by atoms with E-state index in [1.54, 1.807) is 31.2 Å². The molecule has 8 rings (SSSR count). The molecule has 3 fully saturated rings. The van der Waals surface area contributed by atoms with Crippen LogP contribution in [0.3, 0.4) is 0 Å². The fourth-order valence-electron chi connectivity index (χ4n) is 7.95. The molecule has 6 atom stereocenters. The van der Waals surface area contributed by atoms with E-state index in [1.807, 2.05) is 76.2 Å². The van der Waals surface area contributed by atoms with Crippen molar-refractivity contribution in [1.29, 1.82) is 0 Å². The number of fused-ring (bicyclic) bond motifs is 1. The normalized spacial score (nSPS) is 18.3. The average molecular weight is 1250 g/mol. The lowest BCUT2D eigenvalue weighted by Crippen LogP contribution is -2.44. The number of alkyl halides is 2. The molecule has 5 aromatic rings. The summed E-state index contributed by atoms with van der Waals surface area (Å²) in [7, 11) is -5.87. The van der Waals surface area contributed by atoms with Crippen LogP contribution < -0.4 is 4.74 Å². The summed E-state index contributed by atoms with van der Waals surface area (Å²) in [5.41, 5.74) is -2.48. The highest BCUT2D eigenvalue weighted by Crippen LogP contribution is 2.48. The monoisotopic (exact) mass is 1250 g/mol. The predicted molar refractivity (Wildman–Crippen MR) is 324 cm³/mol. The highest BCUT2D eigenvalue weighted by Gasteiger charge is 2.65. The zero-order chi connectivity index (χ0) is 65.5. The first-order valence-corrected chi connectivity index (χ1v) is 31.5. The molecule has 20 heteroatoms. The quantitative estimate of drug-likeness (QED) is 0.0284. The summed E-state index contributed by atoms with van der Waals surface area (Å²) in [6.45, 7) is 25.8. The number of ether oxygens (including phenoxy) is 6. The van der Waals surface area contributed by atoms with Gasteiger partial charge in [0.15, 0.2) is 43.1 Å². The number of carbonyl (C=O) groups is 5. The fourth-order valence-corrected chi connectivity index (χ4v) is 10.5. The largest absolute Gasteiger partial charge is 0.743 e. The maximum Gasteiger partial charge on any atom is 0.369 e. The zero-order valence-corrected chi connectivity index (χ0v) is 54.0. The van der Waals surface area contributed by atoms with Gasteiger partial charge in [0.05, 0.1) is 44.6 Å². The Balaban J connectivity index is 0.000000233. The molecule has 0 aromatic heterocycles. The van der Waals surface area contributed by atoms with E-state index in [0.717, 1.165) is 12.0 Å². The van der Waals surface area contributed by atoms with E-state index in [4.69, 9.17) is 28.8 Å². The lowest BCUT2D eigenvalue weighted by Gasteiger charge is -2.30. The maximum absolute atomic E-state index is 13.0. The van der Waals surface area contributed by atoms with E-state index in [0.29, 0.717) is 38.4 Å². The Bertz CT molecular complexity index is 3060. The first-order valence-electron chi connectivity index (χ1n) is 28.9. The molecule has 0 amide bonds.